The molecule has 0 saturated carbocycles. The summed E-state index contributed by atoms with van der Waals surface area (Å²) in [5.74, 6) is 0. The summed E-state index contributed by atoms with van der Waals surface area (Å²) in [5, 5.41) is 0. The third kappa shape index (κ3) is 13.8. The van der Waals surface area contributed by atoms with Crippen LogP contribution in [0.25, 0.3) is 0 Å². The van der Waals surface area contributed by atoms with E-state index >= 15 is 0 Å². The van der Waals surface area contributed by atoms with Gasteiger partial charge in [-0.05, 0) is 25.5 Å². The van der Waals surface area contributed by atoms with Gasteiger partial charge in [-0.3, -0.25) is 4.18 Å². The van der Waals surface area contributed by atoms with Crippen molar-refractivity contribution in [3.63, 3.8) is 0 Å². The van der Waals surface area contributed by atoms with E-state index in [0.29, 0.717) is 39.6 Å². The molecule has 0 aliphatic heterocycles. The quantitative estimate of drug-likeness (QED) is 0.245. The fourth-order valence-corrected chi connectivity index (χ4v) is 3.26. The largest absolute Gasteiger partial charge is 0.379 e. The number of ether oxygens (including phenoxy) is 4. The van der Waals surface area contributed by atoms with Crippen LogP contribution in [0.15, 0.2) is 29.2 Å². The van der Waals surface area contributed by atoms with E-state index in [0.717, 1.165) is 18.6 Å². The smallest absolute Gasteiger partial charge is 0.297 e. The third-order valence-corrected chi connectivity index (χ3v) is 5.36. The summed E-state index contributed by atoms with van der Waals surface area (Å²) in [6.45, 7) is 8.00. The summed E-state index contributed by atoms with van der Waals surface area (Å²) in [6, 6.07) is 6.52. The molecule has 0 aliphatic carbocycles. The average molecular weight is 433 g/mol. The van der Waals surface area contributed by atoms with Crippen molar-refractivity contribution in [2.24, 2.45) is 0 Å². The van der Waals surface area contributed by atoms with Crippen molar-refractivity contribution in [2.75, 3.05) is 59.5 Å². The molecule has 0 radical (unpaired) electrons. The molecule has 0 aliphatic rings. The van der Waals surface area contributed by atoms with E-state index in [4.69, 9.17) is 23.1 Å². The van der Waals surface area contributed by atoms with Gasteiger partial charge in [-0.25, -0.2) is 0 Å². The Kier molecular flexibility index (Phi) is 15.0. The predicted octanol–water partition coefficient (Wildman–Crippen LogP) is 3.35. The molecule has 0 aromatic heterocycles. The highest BCUT2D eigenvalue weighted by atomic mass is 32.2. The van der Waals surface area contributed by atoms with Crippen molar-refractivity contribution in [3.05, 3.63) is 29.8 Å². The van der Waals surface area contributed by atoms with Crippen LogP contribution in [0.4, 0.5) is 0 Å². The number of benzene rings is 1. The Morgan fingerprint density at radius 3 is 1.66 bits per heavy atom. The molecule has 0 bridgehead atoms. The normalized spacial score (nSPS) is 11.8. The minimum Gasteiger partial charge on any atom is -0.379 e. The van der Waals surface area contributed by atoms with Crippen LogP contribution in [-0.4, -0.2) is 67.9 Å². The first-order valence-corrected chi connectivity index (χ1v) is 11.7. The molecule has 0 spiro atoms. The molecule has 1 aromatic rings. The molecule has 0 N–H and O–H groups in total. The van der Waals surface area contributed by atoms with Crippen LogP contribution in [-0.2, 0) is 33.2 Å². The van der Waals surface area contributed by atoms with Crippen molar-refractivity contribution < 1.29 is 31.5 Å². The van der Waals surface area contributed by atoms with E-state index in [9.17, 15) is 8.42 Å². The van der Waals surface area contributed by atoms with Crippen LogP contribution in [0, 0.1) is 6.92 Å². The highest BCUT2D eigenvalue weighted by molar-refractivity contribution is 7.86. The molecule has 168 valence electrons. The summed E-state index contributed by atoms with van der Waals surface area (Å²) in [4.78, 5) is 0.147. The van der Waals surface area contributed by atoms with Crippen molar-refractivity contribution >= 4 is 10.1 Å². The Labute approximate surface area is 175 Å². The lowest BCUT2D eigenvalue weighted by Crippen LogP contribution is -2.15. The van der Waals surface area contributed by atoms with Gasteiger partial charge in [-0.1, -0.05) is 43.9 Å². The van der Waals surface area contributed by atoms with E-state index in [1.807, 2.05) is 6.92 Å². The third-order valence-electron chi connectivity index (χ3n) is 4.03. The Morgan fingerprint density at radius 2 is 1.14 bits per heavy atom. The predicted molar refractivity (Wildman–Crippen MR) is 112 cm³/mol. The standard InChI is InChI=1S/C21H36O7S/c1-3-4-5-6-11-24-12-13-25-14-15-26-16-17-27-18-19-28-29(22,23)21-9-7-20(2)8-10-21/h7-10H,3-6,11-19H2,1-2H3. The zero-order valence-electron chi connectivity index (χ0n) is 17.8. The lowest BCUT2D eigenvalue weighted by Gasteiger charge is -2.08. The molecule has 0 fully saturated rings. The van der Waals surface area contributed by atoms with Gasteiger partial charge in [-0.15, -0.1) is 0 Å². The van der Waals surface area contributed by atoms with E-state index in [-0.39, 0.29) is 18.1 Å². The van der Waals surface area contributed by atoms with Gasteiger partial charge >= 0.3 is 0 Å². The minimum absolute atomic E-state index is 0.0300. The van der Waals surface area contributed by atoms with Crippen molar-refractivity contribution in [2.45, 2.75) is 44.4 Å². The molecule has 0 unspecified atom stereocenters. The summed E-state index contributed by atoms with van der Waals surface area (Å²) < 4.78 is 50.5. The van der Waals surface area contributed by atoms with Crippen LogP contribution in [0.5, 0.6) is 0 Å². The van der Waals surface area contributed by atoms with Gasteiger partial charge in [0.05, 0.1) is 57.8 Å². The van der Waals surface area contributed by atoms with Crippen LogP contribution < -0.4 is 0 Å². The molecule has 7 nitrogen and oxygen atoms in total. The van der Waals surface area contributed by atoms with Gasteiger partial charge < -0.3 is 18.9 Å². The topological polar surface area (TPSA) is 80.3 Å². The number of hydrogen-bond acceptors (Lipinski definition) is 7. The summed E-state index contributed by atoms with van der Waals surface area (Å²) in [7, 11) is -3.74. The van der Waals surface area contributed by atoms with Crippen molar-refractivity contribution in [1.82, 2.24) is 0 Å². The molecule has 0 amide bonds. The van der Waals surface area contributed by atoms with Crippen LogP contribution >= 0.6 is 0 Å². The Balaban J connectivity index is 1.86. The Hall–Kier alpha value is -1.03. The monoisotopic (exact) mass is 432 g/mol. The van der Waals surface area contributed by atoms with Gasteiger partial charge in [0.15, 0.2) is 0 Å². The van der Waals surface area contributed by atoms with Gasteiger partial charge in [0.2, 0.25) is 0 Å². The molecular weight excluding hydrogens is 396 g/mol. The molecule has 1 aromatic carbocycles. The van der Waals surface area contributed by atoms with Gasteiger partial charge in [0.25, 0.3) is 10.1 Å². The molecule has 0 heterocycles. The van der Waals surface area contributed by atoms with Crippen molar-refractivity contribution in [3.8, 4) is 0 Å². The highest BCUT2D eigenvalue weighted by Gasteiger charge is 2.14. The van der Waals surface area contributed by atoms with Gasteiger partial charge in [0, 0.05) is 6.61 Å². The summed E-state index contributed by atoms with van der Waals surface area (Å²) in [6.07, 6.45) is 4.83. The maximum atomic E-state index is 12.0. The molecule has 0 atom stereocenters. The van der Waals surface area contributed by atoms with Crippen LogP contribution in [0.1, 0.15) is 38.2 Å². The molecule has 29 heavy (non-hydrogen) atoms. The second-order valence-electron chi connectivity index (χ2n) is 6.60. The summed E-state index contributed by atoms with van der Waals surface area (Å²) >= 11 is 0. The second kappa shape index (κ2) is 16.7. The summed E-state index contributed by atoms with van der Waals surface area (Å²) in [5.41, 5.74) is 0.990. The molecule has 8 heteroatoms. The Bertz CT molecular complexity index is 602. The zero-order chi connectivity index (χ0) is 21.2. The zero-order valence-corrected chi connectivity index (χ0v) is 18.6. The number of aryl methyl sites for hydroxylation is 1. The fraction of sp³-hybridized carbons (Fsp3) is 0.714. The second-order valence-corrected chi connectivity index (χ2v) is 8.21. The molecule has 1 rings (SSSR count). The first-order valence-electron chi connectivity index (χ1n) is 10.3. The van der Waals surface area contributed by atoms with Gasteiger partial charge in [-0.2, -0.15) is 8.42 Å². The number of unbranched alkanes of at least 4 members (excludes halogenated alkanes) is 3. The lowest BCUT2D eigenvalue weighted by molar-refractivity contribution is -0.00468. The van der Waals surface area contributed by atoms with Gasteiger partial charge in [0.1, 0.15) is 0 Å². The minimum atomic E-state index is -3.74. The van der Waals surface area contributed by atoms with Crippen molar-refractivity contribution in [1.29, 1.82) is 0 Å². The lowest BCUT2D eigenvalue weighted by atomic mass is 10.2. The molecular formula is C21H36O7S. The highest BCUT2D eigenvalue weighted by Crippen LogP contribution is 2.12. The maximum Gasteiger partial charge on any atom is 0.297 e. The number of hydrogen-bond donors (Lipinski definition) is 0. The van der Waals surface area contributed by atoms with E-state index in [2.05, 4.69) is 6.92 Å². The Morgan fingerprint density at radius 1 is 0.655 bits per heavy atom. The first-order chi connectivity index (χ1) is 14.1. The van der Waals surface area contributed by atoms with E-state index < -0.39 is 10.1 Å². The SMILES string of the molecule is CCCCCCOCCOCCOCCOCCOS(=O)(=O)c1ccc(C)cc1. The van der Waals surface area contributed by atoms with E-state index in [1.165, 1.54) is 31.4 Å². The maximum absolute atomic E-state index is 12.0. The fourth-order valence-electron chi connectivity index (χ4n) is 2.37. The van der Waals surface area contributed by atoms with Crippen LogP contribution in [0.3, 0.4) is 0 Å². The number of rotatable bonds is 19. The first kappa shape index (κ1) is 26.0. The van der Waals surface area contributed by atoms with E-state index in [1.54, 1.807) is 12.1 Å². The molecule has 0 saturated heterocycles. The van der Waals surface area contributed by atoms with Crippen LogP contribution in [0.2, 0.25) is 0 Å². The average Bonchev–Trinajstić information content (AvgIpc) is 2.70.